The number of hydrogen-bond donors (Lipinski definition) is 1. The predicted molar refractivity (Wildman–Crippen MR) is 122 cm³/mol. The van der Waals surface area contributed by atoms with Crippen molar-refractivity contribution >= 4 is 34.9 Å². The van der Waals surface area contributed by atoms with E-state index in [-0.39, 0.29) is 6.54 Å². The second kappa shape index (κ2) is 9.03. The summed E-state index contributed by atoms with van der Waals surface area (Å²) in [4.78, 5) is 42.5. The van der Waals surface area contributed by atoms with Crippen LogP contribution >= 0.6 is 11.3 Å². The van der Waals surface area contributed by atoms with E-state index in [4.69, 9.17) is 4.74 Å². The molecule has 7 nitrogen and oxygen atoms in total. The molecule has 1 aliphatic heterocycles. The number of halogens is 1. The van der Waals surface area contributed by atoms with Crippen molar-refractivity contribution in [3.63, 3.8) is 0 Å². The van der Waals surface area contributed by atoms with Gasteiger partial charge in [0.2, 0.25) is 5.91 Å². The SMILES string of the molecule is COc1ccc(C2(C)NC(=O)N(CC(=O)N(Cc3cccs3)c3ccc(F)cc3)C2=O)cc1. The fourth-order valence-electron chi connectivity index (χ4n) is 3.68. The highest BCUT2D eigenvalue weighted by atomic mass is 32.1. The molecule has 1 atom stereocenters. The molecule has 9 heteroatoms. The molecule has 1 unspecified atom stereocenters. The largest absolute Gasteiger partial charge is 0.497 e. The van der Waals surface area contributed by atoms with Gasteiger partial charge in [0, 0.05) is 10.6 Å². The second-order valence-electron chi connectivity index (χ2n) is 7.71. The average molecular weight is 468 g/mol. The zero-order valence-electron chi connectivity index (χ0n) is 18.1. The lowest BCUT2D eigenvalue weighted by molar-refractivity contribution is -0.134. The van der Waals surface area contributed by atoms with E-state index in [1.807, 2.05) is 17.5 Å². The van der Waals surface area contributed by atoms with Crippen molar-refractivity contribution < 1.29 is 23.5 Å². The number of urea groups is 1. The molecule has 1 saturated heterocycles. The molecular weight excluding hydrogens is 445 g/mol. The number of benzene rings is 2. The molecule has 33 heavy (non-hydrogen) atoms. The van der Waals surface area contributed by atoms with E-state index in [1.165, 1.54) is 47.6 Å². The van der Waals surface area contributed by atoms with Crippen LogP contribution in [-0.4, -0.2) is 36.4 Å². The Bertz CT molecular complexity index is 1170. The number of anilines is 1. The number of methoxy groups -OCH3 is 1. The van der Waals surface area contributed by atoms with Gasteiger partial charge in [0.1, 0.15) is 23.7 Å². The Hall–Kier alpha value is -3.72. The monoisotopic (exact) mass is 467 g/mol. The van der Waals surface area contributed by atoms with Crippen molar-refractivity contribution in [1.29, 1.82) is 0 Å². The Balaban J connectivity index is 1.57. The highest BCUT2D eigenvalue weighted by Gasteiger charge is 2.49. The van der Waals surface area contributed by atoms with Crippen LogP contribution in [0, 0.1) is 5.82 Å². The van der Waals surface area contributed by atoms with Crippen LogP contribution in [0.3, 0.4) is 0 Å². The van der Waals surface area contributed by atoms with E-state index in [9.17, 15) is 18.8 Å². The maximum absolute atomic E-state index is 13.4. The molecule has 0 saturated carbocycles. The van der Waals surface area contributed by atoms with Crippen LogP contribution in [0.1, 0.15) is 17.4 Å². The number of rotatable bonds is 7. The van der Waals surface area contributed by atoms with E-state index < -0.39 is 35.7 Å². The lowest BCUT2D eigenvalue weighted by Crippen LogP contribution is -2.44. The smallest absolute Gasteiger partial charge is 0.325 e. The molecule has 1 fully saturated rings. The van der Waals surface area contributed by atoms with E-state index in [1.54, 1.807) is 31.2 Å². The zero-order valence-corrected chi connectivity index (χ0v) is 18.9. The van der Waals surface area contributed by atoms with Crippen LogP contribution < -0.4 is 15.0 Å². The van der Waals surface area contributed by atoms with E-state index in [0.717, 1.165) is 9.78 Å². The summed E-state index contributed by atoms with van der Waals surface area (Å²) in [7, 11) is 1.54. The van der Waals surface area contributed by atoms with Gasteiger partial charge in [0.05, 0.1) is 13.7 Å². The highest BCUT2D eigenvalue weighted by molar-refractivity contribution is 7.09. The van der Waals surface area contributed by atoms with Gasteiger partial charge in [-0.05, 0) is 60.3 Å². The molecule has 3 aromatic rings. The van der Waals surface area contributed by atoms with Crippen molar-refractivity contribution in [2.24, 2.45) is 0 Å². The van der Waals surface area contributed by atoms with Crippen molar-refractivity contribution in [3.05, 3.63) is 82.3 Å². The van der Waals surface area contributed by atoms with Crippen LogP contribution in [0.4, 0.5) is 14.9 Å². The highest BCUT2D eigenvalue weighted by Crippen LogP contribution is 2.30. The molecule has 1 aromatic heterocycles. The topological polar surface area (TPSA) is 79.0 Å². The summed E-state index contributed by atoms with van der Waals surface area (Å²) < 4.78 is 18.6. The predicted octanol–water partition coefficient (Wildman–Crippen LogP) is 3.90. The quantitative estimate of drug-likeness (QED) is 0.535. The number of nitrogens with zero attached hydrogens (tertiary/aromatic N) is 2. The average Bonchev–Trinajstić information content (AvgIpc) is 3.41. The molecule has 4 amide bonds. The molecule has 1 aliphatic rings. The van der Waals surface area contributed by atoms with Crippen molar-refractivity contribution in [3.8, 4) is 5.75 Å². The lowest BCUT2D eigenvalue weighted by atomic mass is 9.92. The third-order valence-electron chi connectivity index (χ3n) is 5.57. The molecule has 170 valence electrons. The van der Waals surface area contributed by atoms with E-state index in [2.05, 4.69) is 5.32 Å². The van der Waals surface area contributed by atoms with Gasteiger partial charge < -0.3 is 15.0 Å². The van der Waals surface area contributed by atoms with Crippen LogP contribution in [0.25, 0.3) is 0 Å². The molecule has 0 spiro atoms. The van der Waals surface area contributed by atoms with Gasteiger partial charge in [-0.1, -0.05) is 18.2 Å². The number of ether oxygens (including phenoxy) is 1. The van der Waals surface area contributed by atoms with Gasteiger partial charge in [-0.15, -0.1) is 11.3 Å². The third-order valence-corrected chi connectivity index (χ3v) is 6.43. The molecular formula is C24H22FN3O4S. The fraction of sp³-hybridized carbons (Fsp3) is 0.208. The zero-order chi connectivity index (χ0) is 23.6. The molecule has 2 aromatic carbocycles. The number of nitrogens with one attached hydrogen (secondary N) is 1. The first-order chi connectivity index (χ1) is 15.8. The Morgan fingerprint density at radius 2 is 1.82 bits per heavy atom. The summed E-state index contributed by atoms with van der Waals surface area (Å²) >= 11 is 1.47. The summed E-state index contributed by atoms with van der Waals surface area (Å²) in [5.41, 5.74) is -0.261. The minimum Gasteiger partial charge on any atom is -0.497 e. The number of hydrogen-bond acceptors (Lipinski definition) is 5. The fourth-order valence-corrected chi connectivity index (χ4v) is 4.38. The van der Waals surface area contributed by atoms with Gasteiger partial charge >= 0.3 is 6.03 Å². The molecule has 0 bridgehead atoms. The Morgan fingerprint density at radius 3 is 2.42 bits per heavy atom. The normalized spacial score (nSPS) is 17.7. The minimum absolute atomic E-state index is 0.238. The molecule has 4 rings (SSSR count). The van der Waals surface area contributed by atoms with Gasteiger partial charge in [0.15, 0.2) is 0 Å². The molecule has 0 radical (unpaired) electrons. The Morgan fingerprint density at radius 1 is 1.12 bits per heavy atom. The summed E-state index contributed by atoms with van der Waals surface area (Å²) in [5.74, 6) is -0.792. The van der Waals surface area contributed by atoms with E-state index >= 15 is 0 Å². The molecule has 2 heterocycles. The number of thiophene rings is 1. The van der Waals surface area contributed by atoms with Crippen LogP contribution in [-0.2, 0) is 21.7 Å². The number of imide groups is 1. The number of carbonyl (C=O) groups is 3. The minimum atomic E-state index is -1.31. The van der Waals surface area contributed by atoms with Crippen molar-refractivity contribution in [1.82, 2.24) is 10.2 Å². The lowest BCUT2D eigenvalue weighted by Gasteiger charge is -2.25. The third kappa shape index (κ3) is 4.45. The van der Waals surface area contributed by atoms with Crippen LogP contribution in [0.2, 0.25) is 0 Å². The summed E-state index contributed by atoms with van der Waals surface area (Å²) in [5, 5.41) is 4.59. The van der Waals surface area contributed by atoms with Crippen molar-refractivity contribution in [2.75, 3.05) is 18.6 Å². The first-order valence-corrected chi connectivity index (χ1v) is 11.1. The molecule has 0 aliphatic carbocycles. The van der Waals surface area contributed by atoms with Crippen LogP contribution in [0.15, 0.2) is 66.0 Å². The summed E-state index contributed by atoms with van der Waals surface area (Å²) in [6.07, 6.45) is 0. The summed E-state index contributed by atoms with van der Waals surface area (Å²) in [6.45, 7) is 1.39. The number of carbonyl (C=O) groups excluding carboxylic acids is 3. The Labute approximate surface area is 194 Å². The van der Waals surface area contributed by atoms with Gasteiger partial charge in [0.25, 0.3) is 5.91 Å². The standard InChI is InChI=1S/C24H22FN3O4S/c1-24(16-5-11-19(32-2)12-6-16)22(30)28(23(31)26-24)15-21(29)27(14-20-4-3-13-33-20)18-9-7-17(25)8-10-18/h3-13H,14-15H2,1-2H3,(H,26,31). The van der Waals surface area contributed by atoms with Gasteiger partial charge in [-0.2, -0.15) is 0 Å². The second-order valence-corrected chi connectivity index (χ2v) is 8.74. The van der Waals surface area contributed by atoms with Gasteiger partial charge in [-0.25, -0.2) is 9.18 Å². The summed E-state index contributed by atoms with van der Waals surface area (Å²) in [6, 6.07) is 15.4. The first kappa shape index (κ1) is 22.5. The Kier molecular flexibility index (Phi) is 6.15. The maximum Gasteiger partial charge on any atom is 0.325 e. The van der Waals surface area contributed by atoms with Crippen LogP contribution in [0.5, 0.6) is 5.75 Å². The molecule has 1 N–H and O–H groups in total. The van der Waals surface area contributed by atoms with Crippen molar-refractivity contribution in [2.45, 2.75) is 19.0 Å². The van der Waals surface area contributed by atoms with Gasteiger partial charge in [-0.3, -0.25) is 14.5 Å². The van der Waals surface area contributed by atoms with E-state index in [0.29, 0.717) is 17.0 Å². The maximum atomic E-state index is 13.4. The first-order valence-electron chi connectivity index (χ1n) is 10.2. The number of amides is 4.